The van der Waals surface area contributed by atoms with Gasteiger partial charge in [0.25, 0.3) is 0 Å². The maximum absolute atomic E-state index is 5.93. The van der Waals surface area contributed by atoms with Gasteiger partial charge >= 0.3 is 0 Å². The van der Waals surface area contributed by atoms with Crippen molar-refractivity contribution in [3.8, 4) is 0 Å². The Kier molecular flexibility index (Phi) is 3.88. The molecule has 0 unspecified atom stereocenters. The first kappa shape index (κ1) is 11.0. The van der Waals surface area contributed by atoms with E-state index in [-0.39, 0.29) is 6.04 Å². The monoisotopic (exact) mass is 197 g/mol. The number of aromatic nitrogens is 3. The number of nitrogens with zero attached hydrogens (tertiary/aromatic N) is 3. The van der Waals surface area contributed by atoms with E-state index in [1.807, 2.05) is 18.4 Å². The van der Waals surface area contributed by atoms with Crippen molar-refractivity contribution in [3.05, 3.63) is 5.82 Å². The smallest absolute Gasteiger partial charge is 0.224 e. The van der Waals surface area contributed by atoms with Gasteiger partial charge in [-0.2, -0.15) is 0 Å². The number of anilines is 1. The Morgan fingerprint density at radius 1 is 1.36 bits per heavy atom. The molecule has 0 aliphatic rings. The SMILES string of the molecule is CCNc1nnc([C@@H](N)CC)n1CC. The van der Waals surface area contributed by atoms with Gasteiger partial charge < -0.3 is 11.1 Å². The molecule has 1 rings (SSSR count). The van der Waals surface area contributed by atoms with Crippen molar-refractivity contribution < 1.29 is 0 Å². The van der Waals surface area contributed by atoms with Crippen molar-refractivity contribution in [2.75, 3.05) is 11.9 Å². The highest BCUT2D eigenvalue weighted by Crippen LogP contribution is 2.15. The van der Waals surface area contributed by atoms with Crippen LogP contribution in [0.3, 0.4) is 0 Å². The molecule has 0 bridgehead atoms. The summed E-state index contributed by atoms with van der Waals surface area (Å²) < 4.78 is 2.03. The molecule has 0 amide bonds. The second-order valence-corrected chi connectivity index (χ2v) is 3.17. The van der Waals surface area contributed by atoms with Crippen LogP contribution in [0.25, 0.3) is 0 Å². The van der Waals surface area contributed by atoms with Gasteiger partial charge in [0.2, 0.25) is 5.95 Å². The van der Waals surface area contributed by atoms with Crippen molar-refractivity contribution in [1.29, 1.82) is 0 Å². The average molecular weight is 197 g/mol. The highest BCUT2D eigenvalue weighted by Gasteiger charge is 2.14. The minimum absolute atomic E-state index is 0.0187. The van der Waals surface area contributed by atoms with Crippen LogP contribution in [-0.2, 0) is 6.54 Å². The van der Waals surface area contributed by atoms with Crippen molar-refractivity contribution in [2.45, 2.75) is 39.8 Å². The van der Waals surface area contributed by atoms with Crippen LogP contribution in [0, 0.1) is 0 Å². The van der Waals surface area contributed by atoms with Crippen LogP contribution >= 0.6 is 0 Å². The molecule has 0 fully saturated rings. The summed E-state index contributed by atoms with van der Waals surface area (Å²) in [6, 6.07) is -0.0187. The third-order valence-electron chi connectivity index (χ3n) is 2.20. The fourth-order valence-corrected chi connectivity index (χ4v) is 1.37. The van der Waals surface area contributed by atoms with Crippen molar-refractivity contribution >= 4 is 5.95 Å². The zero-order valence-electron chi connectivity index (χ0n) is 9.12. The molecule has 0 aliphatic heterocycles. The zero-order chi connectivity index (χ0) is 10.6. The molecule has 1 aromatic rings. The lowest BCUT2D eigenvalue weighted by atomic mass is 10.2. The minimum atomic E-state index is -0.0187. The molecule has 14 heavy (non-hydrogen) atoms. The van der Waals surface area contributed by atoms with E-state index >= 15 is 0 Å². The van der Waals surface area contributed by atoms with E-state index in [2.05, 4.69) is 22.4 Å². The van der Waals surface area contributed by atoms with E-state index in [0.29, 0.717) is 0 Å². The van der Waals surface area contributed by atoms with Gasteiger partial charge in [-0.3, -0.25) is 4.57 Å². The molecule has 1 heterocycles. The lowest BCUT2D eigenvalue weighted by Gasteiger charge is -2.11. The molecule has 0 radical (unpaired) electrons. The van der Waals surface area contributed by atoms with E-state index in [1.165, 1.54) is 0 Å². The molecule has 5 heteroatoms. The lowest BCUT2D eigenvalue weighted by molar-refractivity contribution is 0.590. The number of nitrogens with one attached hydrogen (secondary N) is 1. The van der Waals surface area contributed by atoms with E-state index in [9.17, 15) is 0 Å². The summed E-state index contributed by atoms with van der Waals surface area (Å²) in [5.74, 6) is 1.68. The molecule has 1 aromatic heterocycles. The predicted molar refractivity (Wildman–Crippen MR) is 57.1 cm³/mol. The molecule has 1 atom stereocenters. The van der Waals surface area contributed by atoms with Crippen molar-refractivity contribution in [1.82, 2.24) is 14.8 Å². The third-order valence-corrected chi connectivity index (χ3v) is 2.20. The van der Waals surface area contributed by atoms with Gasteiger partial charge in [-0.1, -0.05) is 6.92 Å². The van der Waals surface area contributed by atoms with Crippen LogP contribution in [0.1, 0.15) is 39.1 Å². The first-order chi connectivity index (χ1) is 6.74. The minimum Gasteiger partial charge on any atom is -0.355 e. The molecule has 80 valence electrons. The summed E-state index contributed by atoms with van der Waals surface area (Å²) >= 11 is 0. The molecule has 0 saturated carbocycles. The van der Waals surface area contributed by atoms with Crippen LogP contribution in [0.5, 0.6) is 0 Å². The number of hydrogen-bond donors (Lipinski definition) is 2. The summed E-state index contributed by atoms with van der Waals surface area (Å²) in [7, 11) is 0. The van der Waals surface area contributed by atoms with Gasteiger partial charge in [0.15, 0.2) is 5.82 Å². The Bertz CT molecular complexity index is 281. The topological polar surface area (TPSA) is 68.8 Å². The zero-order valence-corrected chi connectivity index (χ0v) is 9.12. The van der Waals surface area contributed by atoms with Crippen LogP contribution in [0.15, 0.2) is 0 Å². The standard InChI is InChI=1S/C9H19N5/c1-4-7(10)8-12-13-9(11-5-2)14(8)6-3/h7H,4-6,10H2,1-3H3,(H,11,13)/t7-/m0/s1. The van der Waals surface area contributed by atoms with Crippen LogP contribution in [-0.4, -0.2) is 21.3 Å². The molecular formula is C9H19N5. The summed E-state index contributed by atoms with van der Waals surface area (Å²) in [6.45, 7) is 7.84. The fourth-order valence-electron chi connectivity index (χ4n) is 1.37. The first-order valence-corrected chi connectivity index (χ1v) is 5.17. The van der Waals surface area contributed by atoms with Crippen molar-refractivity contribution in [3.63, 3.8) is 0 Å². The van der Waals surface area contributed by atoms with Gasteiger partial charge in [-0.25, -0.2) is 0 Å². The van der Waals surface area contributed by atoms with Gasteiger partial charge in [-0.15, -0.1) is 10.2 Å². The molecule has 0 aliphatic carbocycles. The highest BCUT2D eigenvalue weighted by molar-refractivity contribution is 5.26. The van der Waals surface area contributed by atoms with E-state index in [0.717, 1.165) is 31.3 Å². The molecule has 0 aromatic carbocycles. The van der Waals surface area contributed by atoms with Crippen LogP contribution in [0.4, 0.5) is 5.95 Å². The molecule has 0 saturated heterocycles. The Morgan fingerprint density at radius 2 is 2.07 bits per heavy atom. The quantitative estimate of drug-likeness (QED) is 0.742. The van der Waals surface area contributed by atoms with Gasteiger partial charge in [0.1, 0.15) is 0 Å². The average Bonchev–Trinajstić information content (AvgIpc) is 2.60. The summed E-state index contributed by atoms with van der Waals surface area (Å²) in [6.07, 6.45) is 0.879. The van der Waals surface area contributed by atoms with Crippen LogP contribution < -0.4 is 11.1 Å². The predicted octanol–water partition coefficient (Wildman–Crippen LogP) is 1.14. The van der Waals surface area contributed by atoms with Gasteiger partial charge in [0.05, 0.1) is 6.04 Å². The Labute approximate surface area is 84.7 Å². The highest BCUT2D eigenvalue weighted by atomic mass is 15.4. The number of nitrogens with two attached hydrogens (primary N) is 1. The normalized spacial score (nSPS) is 12.9. The summed E-state index contributed by atoms with van der Waals surface area (Å²) in [4.78, 5) is 0. The first-order valence-electron chi connectivity index (χ1n) is 5.17. The summed E-state index contributed by atoms with van der Waals surface area (Å²) in [5.41, 5.74) is 5.93. The maximum Gasteiger partial charge on any atom is 0.224 e. The Morgan fingerprint density at radius 3 is 2.57 bits per heavy atom. The largest absolute Gasteiger partial charge is 0.355 e. The van der Waals surface area contributed by atoms with Crippen molar-refractivity contribution in [2.24, 2.45) is 5.73 Å². The maximum atomic E-state index is 5.93. The molecule has 3 N–H and O–H groups in total. The molecular weight excluding hydrogens is 178 g/mol. The van der Waals surface area contributed by atoms with E-state index < -0.39 is 0 Å². The third kappa shape index (κ3) is 2.04. The number of hydrogen-bond acceptors (Lipinski definition) is 4. The lowest BCUT2D eigenvalue weighted by Crippen LogP contribution is -2.16. The van der Waals surface area contributed by atoms with E-state index in [1.54, 1.807) is 0 Å². The second-order valence-electron chi connectivity index (χ2n) is 3.17. The number of rotatable bonds is 5. The van der Waals surface area contributed by atoms with Crippen LogP contribution in [0.2, 0.25) is 0 Å². The van der Waals surface area contributed by atoms with E-state index in [4.69, 9.17) is 5.73 Å². The molecule has 5 nitrogen and oxygen atoms in total. The summed E-state index contributed by atoms with van der Waals surface area (Å²) in [5, 5.41) is 11.3. The Hall–Kier alpha value is -1.10. The molecule has 0 spiro atoms. The van der Waals surface area contributed by atoms with Gasteiger partial charge in [0, 0.05) is 13.1 Å². The second kappa shape index (κ2) is 4.95. The Balaban J connectivity index is 2.94. The van der Waals surface area contributed by atoms with Gasteiger partial charge in [-0.05, 0) is 20.3 Å². The fraction of sp³-hybridized carbons (Fsp3) is 0.778.